The molecule has 0 radical (unpaired) electrons. The molecule has 3 rings (SSSR count). The second-order valence-corrected chi connectivity index (χ2v) is 6.28. The fraction of sp³-hybridized carbons (Fsp3) is 0.588. The number of piperidine rings is 1. The zero-order chi connectivity index (χ0) is 15.5. The largest absolute Gasteiger partial charge is 0.497 e. The van der Waals surface area contributed by atoms with Crippen LogP contribution in [-0.4, -0.2) is 43.6 Å². The number of methoxy groups -OCH3 is 1. The molecule has 2 aliphatic rings. The Kier molecular flexibility index (Phi) is 4.64. The lowest BCUT2D eigenvalue weighted by molar-refractivity contribution is -0.130. The number of rotatable bonds is 3. The molecule has 2 saturated heterocycles. The highest BCUT2D eigenvalue weighted by molar-refractivity contribution is 5.73. The first-order valence-corrected chi connectivity index (χ1v) is 8.07. The van der Waals surface area contributed by atoms with Crippen LogP contribution in [-0.2, 0) is 4.79 Å². The third kappa shape index (κ3) is 3.10. The molecule has 0 saturated carbocycles. The van der Waals surface area contributed by atoms with Crippen LogP contribution in [0.3, 0.4) is 0 Å². The van der Waals surface area contributed by atoms with Crippen molar-refractivity contribution in [2.45, 2.75) is 31.7 Å². The molecule has 0 aliphatic carbocycles. The van der Waals surface area contributed by atoms with Crippen molar-refractivity contribution in [1.82, 2.24) is 15.8 Å². The molecule has 0 bridgehead atoms. The molecule has 2 N–H and O–H groups in total. The van der Waals surface area contributed by atoms with Crippen LogP contribution >= 0.6 is 0 Å². The molecule has 120 valence electrons. The van der Waals surface area contributed by atoms with E-state index in [4.69, 9.17) is 4.74 Å². The number of likely N-dealkylation sites (tertiary alicyclic amines) is 1. The molecule has 2 heterocycles. The van der Waals surface area contributed by atoms with Gasteiger partial charge >= 0.3 is 0 Å². The summed E-state index contributed by atoms with van der Waals surface area (Å²) in [6, 6.07) is 8.78. The lowest BCUT2D eigenvalue weighted by Gasteiger charge is -2.36. The van der Waals surface area contributed by atoms with Gasteiger partial charge in [-0.2, -0.15) is 0 Å². The third-order valence-corrected chi connectivity index (χ3v) is 5.04. The van der Waals surface area contributed by atoms with Crippen molar-refractivity contribution in [2.24, 2.45) is 5.92 Å². The molecule has 1 aromatic carbocycles. The Bertz CT molecular complexity index is 526. The quantitative estimate of drug-likeness (QED) is 0.889. The highest BCUT2D eigenvalue weighted by Crippen LogP contribution is 2.33. The van der Waals surface area contributed by atoms with E-state index in [1.807, 2.05) is 11.0 Å². The fourth-order valence-electron chi connectivity index (χ4n) is 3.73. The van der Waals surface area contributed by atoms with Gasteiger partial charge < -0.3 is 9.64 Å². The molecule has 2 atom stereocenters. The summed E-state index contributed by atoms with van der Waals surface area (Å²) < 4.78 is 5.35. The number of benzene rings is 1. The highest BCUT2D eigenvalue weighted by atomic mass is 16.5. The Balaban J connectivity index is 1.69. The van der Waals surface area contributed by atoms with Crippen LogP contribution in [0.2, 0.25) is 0 Å². The van der Waals surface area contributed by atoms with Gasteiger partial charge in [-0.15, -0.1) is 0 Å². The van der Waals surface area contributed by atoms with Crippen molar-refractivity contribution < 1.29 is 9.53 Å². The van der Waals surface area contributed by atoms with Crippen LogP contribution in [0.25, 0.3) is 0 Å². The smallest absolute Gasteiger partial charge is 0.219 e. The van der Waals surface area contributed by atoms with E-state index >= 15 is 0 Å². The standard InChI is InChI=1S/C17H25N3O2/c1-12(21)20-8-6-13(7-9-20)17-16(11-18-19-17)14-4-3-5-15(10-14)22-2/h3-5,10,13,16-19H,6-9,11H2,1-2H3. The summed E-state index contributed by atoms with van der Waals surface area (Å²) in [6.45, 7) is 4.35. The summed E-state index contributed by atoms with van der Waals surface area (Å²) in [7, 11) is 1.71. The molecule has 5 nitrogen and oxygen atoms in total. The summed E-state index contributed by atoms with van der Waals surface area (Å²) in [4.78, 5) is 13.4. The Labute approximate surface area is 132 Å². The number of ether oxygens (including phenoxy) is 1. The van der Waals surface area contributed by atoms with E-state index < -0.39 is 0 Å². The number of nitrogens with one attached hydrogen (secondary N) is 2. The van der Waals surface area contributed by atoms with E-state index in [0.717, 1.165) is 38.2 Å². The lowest BCUT2D eigenvalue weighted by Crippen LogP contribution is -2.45. The second kappa shape index (κ2) is 6.67. The summed E-state index contributed by atoms with van der Waals surface area (Å²) in [5.41, 5.74) is 8.10. The van der Waals surface area contributed by atoms with Crippen molar-refractivity contribution in [3.8, 4) is 5.75 Å². The Morgan fingerprint density at radius 3 is 2.77 bits per heavy atom. The maximum absolute atomic E-state index is 11.5. The zero-order valence-corrected chi connectivity index (χ0v) is 13.3. The number of carbonyl (C=O) groups is 1. The van der Waals surface area contributed by atoms with Gasteiger partial charge in [-0.05, 0) is 36.5 Å². The topological polar surface area (TPSA) is 53.6 Å². The minimum absolute atomic E-state index is 0.195. The number of amides is 1. The van der Waals surface area contributed by atoms with Gasteiger partial charge in [0.2, 0.25) is 5.91 Å². The highest BCUT2D eigenvalue weighted by Gasteiger charge is 2.36. The molecule has 2 aliphatic heterocycles. The molecule has 22 heavy (non-hydrogen) atoms. The van der Waals surface area contributed by atoms with E-state index in [0.29, 0.717) is 17.9 Å². The SMILES string of the molecule is COc1cccc(C2CNNC2C2CCN(C(C)=O)CC2)c1. The van der Waals surface area contributed by atoms with Crippen molar-refractivity contribution >= 4 is 5.91 Å². The molecular formula is C17H25N3O2. The summed E-state index contributed by atoms with van der Waals surface area (Å²) in [5, 5.41) is 0. The average Bonchev–Trinajstić information content (AvgIpc) is 3.04. The number of nitrogens with zero attached hydrogens (tertiary/aromatic N) is 1. The molecule has 5 heteroatoms. The number of hydrogen-bond acceptors (Lipinski definition) is 4. The number of hydrogen-bond donors (Lipinski definition) is 2. The molecule has 1 aromatic rings. The van der Waals surface area contributed by atoms with Gasteiger partial charge in [0.05, 0.1) is 7.11 Å². The maximum atomic E-state index is 11.5. The van der Waals surface area contributed by atoms with Gasteiger partial charge in [0, 0.05) is 38.5 Å². The van der Waals surface area contributed by atoms with Crippen LogP contribution in [0, 0.1) is 5.92 Å². The van der Waals surface area contributed by atoms with Gasteiger partial charge in [0.25, 0.3) is 0 Å². The van der Waals surface area contributed by atoms with Crippen molar-refractivity contribution in [2.75, 3.05) is 26.7 Å². The lowest BCUT2D eigenvalue weighted by atomic mass is 9.80. The van der Waals surface area contributed by atoms with E-state index in [-0.39, 0.29) is 5.91 Å². The third-order valence-electron chi connectivity index (χ3n) is 5.04. The van der Waals surface area contributed by atoms with Crippen LogP contribution in [0.1, 0.15) is 31.2 Å². The Morgan fingerprint density at radius 1 is 1.32 bits per heavy atom. The molecule has 0 spiro atoms. The summed E-state index contributed by atoms with van der Waals surface area (Å²) in [6.07, 6.45) is 2.14. The summed E-state index contributed by atoms with van der Waals surface area (Å²) in [5.74, 6) is 2.15. The van der Waals surface area contributed by atoms with Crippen molar-refractivity contribution in [3.63, 3.8) is 0 Å². The minimum atomic E-state index is 0.195. The molecule has 2 unspecified atom stereocenters. The van der Waals surface area contributed by atoms with E-state index in [1.54, 1.807) is 14.0 Å². The van der Waals surface area contributed by atoms with Gasteiger partial charge in [-0.25, -0.2) is 0 Å². The summed E-state index contributed by atoms with van der Waals surface area (Å²) >= 11 is 0. The predicted molar refractivity (Wildman–Crippen MR) is 85.6 cm³/mol. The maximum Gasteiger partial charge on any atom is 0.219 e. The van der Waals surface area contributed by atoms with E-state index in [2.05, 4.69) is 29.1 Å². The van der Waals surface area contributed by atoms with Gasteiger partial charge in [-0.3, -0.25) is 15.6 Å². The van der Waals surface area contributed by atoms with Crippen molar-refractivity contribution in [1.29, 1.82) is 0 Å². The molecule has 1 amide bonds. The second-order valence-electron chi connectivity index (χ2n) is 6.28. The number of hydrazine groups is 1. The van der Waals surface area contributed by atoms with Gasteiger partial charge in [0.1, 0.15) is 5.75 Å². The fourth-order valence-corrected chi connectivity index (χ4v) is 3.73. The predicted octanol–water partition coefficient (Wildman–Crippen LogP) is 1.51. The molecule has 2 fully saturated rings. The Hall–Kier alpha value is -1.59. The minimum Gasteiger partial charge on any atom is -0.497 e. The zero-order valence-electron chi connectivity index (χ0n) is 13.3. The van der Waals surface area contributed by atoms with E-state index in [1.165, 1.54) is 5.56 Å². The van der Waals surface area contributed by atoms with E-state index in [9.17, 15) is 4.79 Å². The molecule has 0 aromatic heterocycles. The van der Waals surface area contributed by atoms with Crippen LogP contribution < -0.4 is 15.6 Å². The van der Waals surface area contributed by atoms with Crippen LogP contribution in [0.15, 0.2) is 24.3 Å². The average molecular weight is 303 g/mol. The molecular weight excluding hydrogens is 278 g/mol. The first-order chi connectivity index (χ1) is 10.7. The van der Waals surface area contributed by atoms with Gasteiger partial charge in [-0.1, -0.05) is 12.1 Å². The van der Waals surface area contributed by atoms with Crippen LogP contribution in [0.4, 0.5) is 0 Å². The van der Waals surface area contributed by atoms with Gasteiger partial charge in [0.15, 0.2) is 0 Å². The normalized spacial score (nSPS) is 26.2. The van der Waals surface area contributed by atoms with Crippen LogP contribution in [0.5, 0.6) is 5.75 Å². The first kappa shape index (κ1) is 15.3. The first-order valence-electron chi connectivity index (χ1n) is 8.07. The van der Waals surface area contributed by atoms with Crippen molar-refractivity contribution in [3.05, 3.63) is 29.8 Å². The Morgan fingerprint density at radius 2 is 2.09 bits per heavy atom. The monoisotopic (exact) mass is 303 g/mol. The number of carbonyl (C=O) groups excluding carboxylic acids is 1.